The average Bonchev–Trinajstić information content (AvgIpc) is 3.13. The van der Waals surface area contributed by atoms with Crippen molar-refractivity contribution in [3.05, 3.63) is 72.4 Å². The van der Waals surface area contributed by atoms with Gasteiger partial charge in [0.2, 0.25) is 10.0 Å². The van der Waals surface area contributed by atoms with Crippen LogP contribution in [0.3, 0.4) is 0 Å². The van der Waals surface area contributed by atoms with E-state index in [0.717, 1.165) is 0 Å². The SMILES string of the molecule is Nc1ccc(-c2cnc3c(NCc4cccc(S(N)(=O)=O)c4)nccn23)cc1F. The van der Waals surface area contributed by atoms with E-state index in [1.165, 1.54) is 24.3 Å². The Morgan fingerprint density at radius 1 is 1.14 bits per heavy atom. The molecule has 2 aromatic carbocycles. The monoisotopic (exact) mass is 412 g/mol. The maximum atomic E-state index is 13.8. The molecule has 0 aliphatic carbocycles. The number of rotatable bonds is 5. The number of benzene rings is 2. The molecule has 5 N–H and O–H groups in total. The molecule has 0 unspecified atom stereocenters. The standard InChI is InChI=1S/C19H17FN6O2S/c20-15-9-13(4-5-16(15)21)17-11-25-19-18(23-6-7-26(17)19)24-10-12-2-1-3-14(8-12)29(22,27)28/h1-9,11H,10,21H2,(H,23,24)(H2,22,27,28). The molecule has 0 atom stereocenters. The summed E-state index contributed by atoms with van der Waals surface area (Å²) in [5.74, 6) is -0.00438. The molecule has 0 saturated heterocycles. The van der Waals surface area contributed by atoms with Gasteiger partial charge in [0.05, 0.1) is 22.5 Å². The molecule has 8 nitrogen and oxygen atoms in total. The van der Waals surface area contributed by atoms with E-state index in [4.69, 9.17) is 10.9 Å². The van der Waals surface area contributed by atoms with Gasteiger partial charge in [-0.25, -0.2) is 27.9 Å². The van der Waals surface area contributed by atoms with Gasteiger partial charge in [-0.1, -0.05) is 18.2 Å². The molecule has 0 aliphatic rings. The third kappa shape index (κ3) is 3.75. The van der Waals surface area contributed by atoms with Gasteiger partial charge in [0.1, 0.15) is 5.82 Å². The smallest absolute Gasteiger partial charge is 0.238 e. The third-order valence-corrected chi connectivity index (χ3v) is 5.32. The van der Waals surface area contributed by atoms with Crippen molar-refractivity contribution in [3.8, 4) is 11.3 Å². The molecule has 0 spiro atoms. The van der Waals surface area contributed by atoms with Crippen molar-refractivity contribution in [2.24, 2.45) is 5.14 Å². The second-order valence-electron chi connectivity index (χ2n) is 6.40. The fourth-order valence-corrected chi connectivity index (χ4v) is 3.55. The van der Waals surface area contributed by atoms with Gasteiger partial charge in [-0.2, -0.15) is 0 Å². The van der Waals surface area contributed by atoms with Crippen LogP contribution < -0.4 is 16.2 Å². The quantitative estimate of drug-likeness (QED) is 0.432. The molecule has 4 rings (SSSR count). The van der Waals surface area contributed by atoms with Crippen molar-refractivity contribution < 1.29 is 12.8 Å². The van der Waals surface area contributed by atoms with Crippen molar-refractivity contribution >= 4 is 27.2 Å². The molecule has 0 aliphatic heterocycles. The summed E-state index contributed by atoms with van der Waals surface area (Å²) < 4.78 is 38.7. The number of nitrogen functional groups attached to an aromatic ring is 1. The number of hydrogen-bond acceptors (Lipinski definition) is 6. The van der Waals surface area contributed by atoms with Crippen molar-refractivity contribution in [3.63, 3.8) is 0 Å². The minimum atomic E-state index is -3.78. The largest absolute Gasteiger partial charge is 0.396 e. The predicted octanol–water partition coefficient (Wildman–Crippen LogP) is 2.38. The number of primary sulfonamides is 1. The average molecular weight is 412 g/mol. The minimum absolute atomic E-state index is 0.0384. The zero-order valence-corrected chi connectivity index (χ0v) is 15.9. The Balaban J connectivity index is 1.64. The number of anilines is 2. The molecular formula is C19H17FN6O2S. The summed E-state index contributed by atoms with van der Waals surface area (Å²) in [7, 11) is -3.78. The lowest BCUT2D eigenvalue weighted by Crippen LogP contribution is -2.12. The Hall–Kier alpha value is -3.50. The zero-order valence-electron chi connectivity index (χ0n) is 15.1. The van der Waals surface area contributed by atoms with E-state index in [0.29, 0.717) is 34.8 Å². The lowest BCUT2D eigenvalue weighted by atomic mass is 10.1. The van der Waals surface area contributed by atoms with Gasteiger partial charge >= 0.3 is 0 Å². The van der Waals surface area contributed by atoms with Gasteiger partial charge < -0.3 is 11.1 Å². The van der Waals surface area contributed by atoms with Gasteiger partial charge in [-0.05, 0) is 29.8 Å². The van der Waals surface area contributed by atoms with Crippen LogP contribution in [0.4, 0.5) is 15.9 Å². The molecule has 0 fully saturated rings. The Kier molecular flexibility index (Phi) is 4.65. The van der Waals surface area contributed by atoms with Gasteiger partial charge in [0.15, 0.2) is 11.5 Å². The molecule has 0 radical (unpaired) electrons. The van der Waals surface area contributed by atoms with Crippen LogP contribution in [0.5, 0.6) is 0 Å². The van der Waals surface area contributed by atoms with Crippen LogP contribution in [0.2, 0.25) is 0 Å². The number of nitrogens with two attached hydrogens (primary N) is 2. The number of halogens is 1. The van der Waals surface area contributed by atoms with Crippen molar-refractivity contribution in [1.82, 2.24) is 14.4 Å². The summed E-state index contributed by atoms with van der Waals surface area (Å²) in [5.41, 5.74) is 8.19. The van der Waals surface area contributed by atoms with Crippen LogP contribution in [0.15, 0.2) is 66.0 Å². The highest BCUT2D eigenvalue weighted by Crippen LogP contribution is 2.26. The Labute approximate surface area is 166 Å². The number of nitrogens with zero attached hydrogens (tertiary/aromatic N) is 3. The van der Waals surface area contributed by atoms with E-state index in [1.54, 1.807) is 41.2 Å². The molecule has 2 aromatic heterocycles. The van der Waals surface area contributed by atoms with Crippen molar-refractivity contribution in [2.75, 3.05) is 11.1 Å². The second kappa shape index (κ2) is 7.15. The van der Waals surface area contributed by atoms with Crippen LogP contribution in [0, 0.1) is 5.82 Å². The molecule has 148 valence electrons. The first-order valence-electron chi connectivity index (χ1n) is 8.56. The van der Waals surface area contributed by atoms with Crippen LogP contribution in [0.1, 0.15) is 5.56 Å². The van der Waals surface area contributed by atoms with Gasteiger partial charge in [0.25, 0.3) is 0 Å². The molecule has 0 bridgehead atoms. The van der Waals surface area contributed by atoms with Gasteiger partial charge in [-0.15, -0.1) is 0 Å². The van der Waals surface area contributed by atoms with E-state index in [-0.39, 0.29) is 10.6 Å². The fraction of sp³-hybridized carbons (Fsp3) is 0.0526. The summed E-state index contributed by atoms with van der Waals surface area (Å²) in [5, 5.41) is 8.32. The lowest BCUT2D eigenvalue weighted by molar-refractivity contribution is 0.597. The first kappa shape index (κ1) is 18.8. The summed E-state index contributed by atoms with van der Waals surface area (Å²) in [6, 6.07) is 10.9. The predicted molar refractivity (Wildman–Crippen MR) is 108 cm³/mol. The summed E-state index contributed by atoms with van der Waals surface area (Å²) in [4.78, 5) is 8.72. The maximum Gasteiger partial charge on any atom is 0.238 e. The molecular weight excluding hydrogens is 395 g/mol. The molecule has 10 heteroatoms. The Morgan fingerprint density at radius 2 is 1.97 bits per heavy atom. The Bertz CT molecular complexity index is 1320. The number of nitrogens with one attached hydrogen (secondary N) is 1. The number of imidazole rings is 1. The molecule has 4 aromatic rings. The van der Waals surface area contributed by atoms with Crippen molar-refractivity contribution in [2.45, 2.75) is 11.4 Å². The van der Waals surface area contributed by atoms with Crippen molar-refractivity contribution in [1.29, 1.82) is 0 Å². The molecule has 2 heterocycles. The topological polar surface area (TPSA) is 128 Å². The Morgan fingerprint density at radius 3 is 2.72 bits per heavy atom. The lowest BCUT2D eigenvalue weighted by Gasteiger charge is -2.09. The van der Waals surface area contributed by atoms with E-state index in [2.05, 4.69) is 15.3 Å². The van der Waals surface area contributed by atoms with E-state index in [1.807, 2.05) is 0 Å². The highest BCUT2D eigenvalue weighted by atomic mass is 32.2. The molecule has 0 amide bonds. The van der Waals surface area contributed by atoms with Crippen LogP contribution in [0.25, 0.3) is 16.9 Å². The van der Waals surface area contributed by atoms with Crippen LogP contribution in [-0.4, -0.2) is 22.8 Å². The van der Waals surface area contributed by atoms with Crippen LogP contribution >= 0.6 is 0 Å². The van der Waals surface area contributed by atoms with E-state index >= 15 is 0 Å². The summed E-state index contributed by atoms with van der Waals surface area (Å²) >= 11 is 0. The normalized spacial score (nSPS) is 11.7. The molecule has 29 heavy (non-hydrogen) atoms. The highest BCUT2D eigenvalue weighted by Gasteiger charge is 2.12. The summed E-state index contributed by atoms with van der Waals surface area (Å²) in [6.07, 6.45) is 4.93. The number of aromatic nitrogens is 3. The first-order valence-corrected chi connectivity index (χ1v) is 10.1. The third-order valence-electron chi connectivity index (χ3n) is 4.41. The number of fused-ring (bicyclic) bond motifs is 1. The summed E-state index contributed by atoms with van der Waals surface area (Å²) in [6.45, 7) is 0.314. The fourth-order valence-electron chi connectivity index (χ4n) is 2.96. The second-order valence-corrected chi connectivity index (χ2v) is 7.96. The van der Waals surface area contributed by atoms with Crippen LogP contribution in [-0.2, 0) is 16.6 Å². The zero-order chi connectivity index (χ0) is 20.6. The first-order chi connectivity index (χ1) is 13.8. The molecule has 0 saturated carbocycles. The van der Waals surface area contributed by atoms with E-state index < -0.39 is 15.8 Å². The van der Waals surface area contributed by atoms with E-state index in [9.17, 15) is 12.8 Å². The maximum absolute atomic E-state index is 13.8. The number of sulfonamides is 1. The number of hydrogen-bond donors (Lipinski definition) is 3. The van der Waals surface area contributed by atoms with Gasteiger partial charge in [-0.3, -0.25) is 4.40 Å². The minimum Gasteiger partial charge on any atom is -0.396 e. The highest BCUT2D eigenvalue weighted by molar-refractivity contribution is 7.89. The van der Waals surface area contributed by atoms with Gasteiger partial charge in [0, 0.05) is 24.5 Å².